The molecule has 25 heavy (non-hydrogen) atoms. The standard InChI is InChI=1S/C20H32N2O3/c1-15(2)18-8-6-16(3)10-11-22(18)20(23)17-7-9-19(21-14-17)25-13-5-12-24-4/h7,9,14-16,18H,5-6,8,10-13H2,1-4H3. The maximum absolute atomic E-state index is 13.0. The van der Waals surface area contributed by atoms with Crippen LogP contribution in [0, 0.1) is 11.8 Å². The molecule has 2 unspecified atom stereocenters. The highest BCUT2D eigenvalue weighted by Crippen LogP contribution is 2.27. The number of hydrogen-bond donors (Lipinski definition) is 0. The first kappa shape index (κ1) is 19.7. The molecule has 1 saturated heterocycles. The SMILES string of the molecule is COCCCOc1ccc(C(=O)N2CCC(C)CCC2C(C)C)cn1. The molecule has 1 aromatic rings. The summed E-state index contributed by atoms with van der Waals surface area (Å²) >= 11 is 0. The van der Waals surface area contributed by atoms with Crippen molar-refractivity contribution >= 4 is 5.91 Å². The van der Waals surface area contributed by atoms with Gasteiger partial charge in [0.25, 0.3) is 5.91 Å². The third-order valence-electron chi connectivity index (χ3n) is 4.97. The highest BCUT2D eigenvalue weighted by Gasteiger charge is 2.30. The molecular formula is C20H32N2O3. The van der Waals surface area contributed by atoms with E-state index in [1.165, 1.54) is 6.42 Å². The lowest BCUT2D eigenvalue weighted by Crippen LogP contribution is -2.43. The van der Waals surface area contributed by atoms with Gasteiger partial charge in [0.1, 0.15) is 0 Å². The summed E-state index contributed by atoms with van der Waals surface area (Å²) in [5, 5.41) is 0. The number of carbonyl (C=O) groups is 1. The summed E-state index contributed by atoms with van der Waals surface area (Å²) in [6.07, 6.45) is 5.81. The van der Waals surface area contributed by atoms with Crippen molar-refractivity contribution < 1.29 is 14.3 Å². The van der Waals surface area contributed by atoms with E-state index in [9.17, 15) is 4.79 Å². The van der Waals surface area contributed by atoms with E-state index in [2.05, 4.69) is 30.7 Å². The van der Waals surface area contributed by atoms with Crippen LogP contribution in [-0.4, -0.2) is 48.7 Å². The normalized spacial score (nSPS) is 21.2. The van der Waals surface area contributed by atoms with Crippen LogP contribution in [0.2, 0.25) is 0 Å². The van der Waals surface area contributed by atoms with E-state index >= 15 is 0 Å². The molecule has 1 amide bonds. The average molecular weight is 348 g/mol. The largest absolute Gasteiger partial charge is 0.478 e. The van der Waals surface area contributed by atoms with Crippen LogP contribution >= 0.6 is 0 Å². The number of likely N-dealkylation sites (tertiary alicyclic amines) is 1. The predicted octanol–water partition coefficient (Wildman–Crippen LogP) is 3.78. The van der Waals surface area contributed by atoms with Crippen molar-refractivity contribution in [2.24, 2.45) is 11.8 Å². The third-order valence-corrected chi connectivity index (χ3v) is 4.97. The van der Waals surface area contributed by atoms with Gasteiger partial charge in [0.15, 0.2) is 0 Å². The zero-order valence-corrected chi connectivity index (χ0v) is 16.0. The Morgan fingerprint density at radius 1 is 1.28 bits per heavy atom. The van der Waals surface area contributed by atoms with Gasteiger partial charge in [-0.15, -0.1) is 0 Å². The van der Waals surface area contributed by atoms with Gasteiger partial charge in [-0.2, -0.15) is 0 Å². The van der Waals surface area contributed by atoms with Crippen molar-refractivity contribution in [3.63, 3.8) is 0 Å². The predicted molar refractivity (Wildman–Crippen MR) is 98.9 cm³/mol. The van der Waals surface area contributed by atoms with E-state index in [1.807, 2.05) is 6.07 Å². The summed E-state index contributed by atoms with van der Waals surface area (Å²) in [7, 11) is 1.67. The van der Waals surface area contributed by atoms with Gasteiger partial charge >= 0.3 is 0 Å². The van der Waals surface area contributed by atoms with Crippen LogP contribution in [0.25, 0.3) is 0 Å². The Morgan fingerprint density at radius 3 is 2.72 bits per heavy atom. The highest BCUT2D eigenvalue weighted by atomic mass is 16.5. The molecule has 5 heteroatoms. The maximum Gasteiger partial charge on any atom is 0.255 e. The highest BCUT2D eigenvalue weighted by molar-refractivity contribution is 5.94. The minimum atomic E-state index is 0.0891. The number of hydrogen-bond acceptors (Lipinski definition) is 4. The molecule has 1 aromatic heterocycles. The minimum absolute atomic E-state index is 0.0891. The summed E-state index contributed by atoms with van der Waals surface area (Å²) in [6.45, 7) is 8.75. The average Bonchev–Trinajstić information content (AvgIpc) is 2.80. The van der Waals surface area contributed by atoms with Crippen molar-refractivity contribution in [1.82, 2.24) is 9.88 Å². The Kier molecular flexibility index (Phi) is 7.69. The smallest absolute Gasteiger partial charge is 0.255 e. The second kappa shape index (κ2) is 9.76. The second-order valence-electron chi connectivity index (χ2n) is 7.36. The molecule has 2 rings (SSSR count). The lowest BCUT2D eigenvalue weighted by atomic mass is 9.95. The van der Waals surface area contributed by atoms with Gasteiger partial charge in [-0.05, 0) is 37.2 Å². The molecule has 0 saturated carbocycles. The van der Waals surface area contributed by atoms with Crippen molar-refractivity contribution in [3.05, 3.63) is 23.9 Å². The lowest BCUT2D eigenvalue weighted by Gasteiger charge is -2.33. The fourth-order valence-electron chi connectivity index (χ4n) is 3.36. The second-order valence-corrected chi connectivity index (χ2v) is 7.36. The monoisotopic (exact) mass is 348 g/mol. The number of amides is 1. The Hall–Kier alpha value is -1.62. The zero-order valence-electron chi connectivity index (χ0n) is 16.0. The van der Waals surface area contributed by atoms with Gasteiger partial charge in [0.2, 0.25) is 5.88 Å². The van der Waals surface area contributed by atoms with E-state index < -0.39 is 0 Å². The first-order valence-electron chi connectivity index (χ1n) is 9.41. The molecule has 0 aliphatic carbocycles. The van der Waals surface area contributed by atoms with Crippen LogP contribution in [0.3, 0.4) is 0 Å². The van der Waals surface area contributed by atoms with E-state index in [1.54, 1.807) is 19.4 Å². The molecule has 140 valence electrons. The number of rotatable bonds is 7. The minimum Gasteiger partial charge on any atom is -0.478 e. The Bertz CT molecular complexity index is 530. The van der Waals surface area contributed by atoms with Crippen LogP contribution in [-0.2, 0) is 4.74 Å². The van der Waals surface area contributed by atoms with Gasteiger partial charge in [-0.1, -0.05) is 20.8 Å². The number of ether oxygens (including phenoxy) is 2. The third kappa shape index (κ3) is 5.70. The summed E-state index contributed by atoms with van der Waals surface area (Å²) < 4.78 is 10.6. The van der Waals surface area contributed by atoms with Crippen molar-refractivity contribution in [1.29, 1.82) is 0 Å². The number of pyridine rings is 1. The first-order chi connectivity index (χ1) is 12.0. The molecule has 1 aliphatic rings. The van der Waals surface area contributed by atoms with Gasteiger partial charge < -0.3 is 14.4 Å². The van der Waals surface area contributed by atoms with E-state index in [-0.39, 0.29) is 5.91 Å². The van der Waals surface area contributed by atoms with E-state index in [0.29, 0.717) is 42.5 Å². The van der Waals surface area contributed by atoms with Gasteiger partial charge in [-0.3, -0.25) is 4.79 Å². The maximum atomic E-state index is 13.0. The Labute approximate surface area is 151 Å². The molecule has 2 heterocycles. The Morgan fingerprint density at radius 2 is 2.08 bits per heavy atom. The molecule has 1 fully saturated rings. The van der Waals surface area contributed by atoms with Gasteiger partial charge in [0.05, 0.1) is 12.2 Å². The van der Waals surface area contributed by atoms with E-state index in [0.717, 1.165) is 25.8 Å². The molecule has 5 nitrogen and oxygen atoms in total. The van der Waals surface area contributed by atoms with Crippen LogP contribution in [0.5, 0.6) is 5.88 Å². The summed E-state index contributed by atoms with van der Waals surface area (Å²) in [5.74, 6) is 1.79. The van der Waals surface area contributed by atoms with Crippen LogP contribution < -0.4 is 4.74 Å². The number of aromatic nitrogens is 1. The fourth-order valence-corrected chi connectivity index (χ4v) is 3.36. The van der Waals surface area contributed by atoms with Crippen molar-refractivity contribution in [2.75, 3.05) is 26.9 Å². The Balaban J connectivity index is 2.02. The van der Waals surface area contributed by atoms with Gasteiger partial charge in [0, 0.05) is 45.0 Å². The van der Waals surface area contributed by atoms with Gasteiger partial charge in [-0.25, -0.2) is 4.98 Å². The number of methoxy groups -OCH3 is 1. The number of nitrogens with zero attached hydrogens (tertiary/aromatic N) is 2. The molecule has 0 radical (unpaired) electrons. The van der Waals surface area contributed by atoms with Crippen LogP contribution in [0.4, 0.5) is 0 Å². The molecule has 0 N–H and O–H groups in total. The lowest BCUT2D eigenvalue weighted by molar-refractivity contribution is 0.0630. The van der Waals surface area contributed by atoms with Crippen LogP contribution in [0.1, 0.15) is 56.8 Å². The van der Waals surface area contributed by atoms with Crippen molar-refractivity contribution in [2.45, 2.75) is 52.5 Å². The molecule has 0 spiro atoms. The molecule has 1 aliphatic heterocycles. The molecule has 0 bridgehead atoms. The quantitative estimate of drug-likeness (QED) is 0.704. The molecule has 2 atom stereocenters. The summed E-state index contributed by atoms with van der Waals surface area (Å²) in [6, 6.07) is 3.92. The van der Waals surface area contributed by atoms with Crippen molar-refractivity contribution in [3.8, 4) is 5.88 Å². The topological polar surface area (TPSA) is 51.7 Å². The fraction of sp³-hybridized carbons (Fsp3) is 0.700. The summed E-state index contributed by atoms with van der Waals surface area (Å²) in [4.78, 5) is 19.4. The van der Waals surface area contributed by atoms with E-state index in [4.69, 9.17) is 9.47 Å². The molecular weight excluding hydrogens is 316 g/mol. The summed E-state index contributed by atoms with van der Waals surface area (Å²) in [5.41, 5.74) is 0.643. The first-order valence-corrected chi connectivity index (χ1v) is 9.41. The number of carbonyl (C=O) groups excluding carboxylic acids is 1. The zero-order chi connectivity index (χ0) is 18.2. The van der Waals surface area contributed by atoms with Crippen LogP contribution in [0.15, 0.2) is 18.3 Å². The molecule has 0 aromatic carbocycles.